The molecule has 0 aromatic heterocycles. The third kappa shape index (κ3) is 4.82. The van der Waals surface area contributed by atoms with Gasteiger partial charge in [-0.1, -0.05) is 60.1 Å². The van der Waals surface area contributed by atoms with Crippen LogP contribution in [0.2, 0.25) is 0 Å². The summed E-state index contributed by atoms with van der Waals surface area (Å²) in [6.07, 6.45) is 6.54. The first-order chi connectivity index (χ1) is 10.2. The zero-order valence-corrected chi connectivity index (χ0v) is 15.2. The molecule has 1 heterocycles. The number of nitrogens with zero attached hydrogens (tertiary/aromatic N) is 1. The molecule has 118 valence electrons. The van der Waals surface area contributed by atoms with Gasteiger partial charge in [0, 0.05) is 11.9 Å². The summed E-state index contributed by atoms with van der Waals surface area (Å²) in [5, 5.41) is 1.14. The van der Waals surface area contributed by atoms with Crippen LogP contribution in [0.5, 0.6) is 0 Å². The number of halogens is 1. The van der Waals surface area contributed by atoms with Crippen LogP contribution in [-0.2, 0) is 6.42 Å². The molecule has 1 aliphatic rings. The largest absolute Gasteiger partial charge is 0.303 e. The molecule has 0 spiro atoms. The normalized spacial score (nSPS) is 18.0. The van der Waals surface area contributed by atoms with Gasteiger partial charge in [0.25, 0.3) is 0 Å². The molecule has 21 heavy (non-hydrogen) atoms. The summed E-state index contributed by atoms with van der Waals surface area (Å²) in [5.41, 5.74) is 1.99. The fourth-order valence-electron chi connectivity index (χ4n) is 3.48. The standard InChI is InChI=1S/C19H30BrN/c1-3-19(4-2,15-20)16-21-12-10-18(11-13-21)14-17-8-6-5-7-9-17/h5-9,18H,3-4,10-16H2,1-2H3. The number of alkyl halides is 1. The highest BCUT2D eigenvalue weighted by Gasteiger charge is 2.29. The quantitative estimate of drug-likeness (QED) is 0.614. The molecule has 1 saturated heterocycles. The van der Waals surface area contributed by atoms with Crippen LogP contribution >= 0.6 is 15.9 Å². The minimum Gasteiger partial charge on any atom is -0.303 e. The molecule has 2 heteroatoms. The third-order valence-electron chi connectivity index (χ3n) is 5.42. The van der Waals surface area contributed by atoms with Gasteiger partial charge in [-0.2, -0.15) is 0 Å². The number of hydrogen-bond donors (Lipinski definition) is 0. The number of piperidine rings is 1. The highest BCUT2D eigenvalue weighted by Crippen LogP contribution is 2.32. The second kappa shape index (κ2) is 8.33. The Morgan fingerprint density at radius 3 is 2.24 bits per heavy atom. The van der Waals surface area contributed by atoms with Crippen LogP contribution in [-0.4, -0.2) is 29.9 Å². The van der Waals surface area contributed by atoms with E-state index in [4.69, 9.17) is 0 Å². The van der Waals surface area contributed by atoms with Crippen molar-refractivity contribution in [3.8, 4) is 0 Å². The smallest absolute Gasteiger partial charge is 0.01000 e. The van der Waals surface area contributed by atoms with E-state index in [9.17, 15) is 0 Å². The Balaban J connectivity index is 1.80. The van der Waals surface area contributed by atoms with Crippen molar-refractivity contribution in [3.63, 3.8) is 0 Å². The molecule has 1 aliphatic heterocycles. The molecule has 0 aliphatic carbocycles. The summed E-state index contributed by atoms with van der Waals surface area (Å²) < 4.78 is 0. The lowest BCUT2D eigenvalue weighted by Gasteiger charge is -2.39. The predicted molar refractivity (Wildman–Crippen MR) is 96.1 cm³/mol. The minimum atomic E-state index is 0.478. The van der Waals surface area contributed by atoms with Gasteiger partial charge in [-0.3, -0.25) is 0 Å². The molecule has 1 aromatic rings. The van der Waals surface area contributed by atoms with E-state index >= 15 is 0 Å². The maximum atomic E-state index is 3.75. The first-order valence-electron chi connectivity index (χ1n) is 8.53. The van der Waals surface area contributed by atoms with Crippen LogP contribution in [0.15, 0.2) is 30.3 Å². The SMILES string of the molecule is CCC(CC)(CBr)CN1CCC(Cc2ccccc2)CC1. The number of rotatable bonds is 7. The van der Waals surface area contributed by atoms with Crippen molar-refractivity contribution in [2.45, 2.75) is 46.0 Å². The second-order valence-corrected chi connectivity index (χ2v) is 7.31. The fourth-order valence-corrected chi connectivity index (χ4v) is 4.45. The van der Waals surface area contributed by atoms with Gasteiger partial charge in [-0.25, -0.2) is 0 Å². The number of hydrogen-bond acceptors (Lipinski definition) is 1. The molecule has 0 bridgehead atoms. The van der Waals surface area contributed by atoms with Crippen LogP contribution in [0.4, 0.5) is 0 Å². The van der Waals surface area contributed by atoms with Crippen molar-refractivity contribution in [1.29, 1.82) is 0 Å². The van der Waals surface area contributed by atoms with E-state index < -0.39 is 0 Å². The summed E-state index contributed by atoms with van der Waals surface area (Å²) in [7, 11) is 0. The van der Waals surface area contributed by atoms with E-state index in [1.54, 1.807) is 0 Å². The number of benzene rings is 1. The minimum absolute atomic E-state index is 0.478. The van der Waals surface area contributed by atoms with Gasteiger partial charge >= 0.3 is 0 Å². The van der Waals surface area contributed by atoms with E-state index in [1.165, 1.54) is 57.3 Å². The van der Waals surface area contributed by atoms with Gasteiger partial charge in [0.1, 0.15) is 0 Å². The van der Waals surface area contributed by atoms with Crippen LogP contribution in [0.3, 0.4) is 0 Å². The molecule has 0 unspecified atom stereocenters. The Bertz CT molecular complexity index is 383. The average molecular weight is 352 g/mol. The Morgan fingerprint density at radius 1 is 1.10 bits per heavy atom. The van der Waals surface area contributed by atoms with Gasteiger partial charge < -0.3 is 4.90 Å². The molecule has 0 radical (unpaired) electrons. The van der Waals surface area contributed by atoms with E-state index in [0.29, 0.717) is 5.41 Å². The highest BCUT2D eigenvalue weighted by molar-refractivity contribution is 9.09. The third-order valence-corrected chi connectivity index (χ3v) is 6.61. The van der Waals surface area contributed by atoms with Crippen LogP contribution in [0.25, 0.3) is 0 Å². The molecule has 0 amide bonds. The molecule has 0 N–H and O–H groups in total. The molecular formula is C19H30BrN. The van der Waals surface area contributed by atoms with Crippen LogP contribution in [0.1, 0.15) is 45.1 Å². The summed E-state index contributed by atoms with van der Waals surface area (Å²) >= 11 is 3.75. The van der Waals surface area contributed by atoms with E-state index in [2.05, 4.69) is 65.0 Å². The Morgan fingerprint density at radius 2 is 1.71 bits per heavy atom. The molecule has 0 atom stereocenters. The maximum Gasteiger partial charge on any atom is 0.01000 e. The van der Waals surface area contributed by atoms with Crippen molar-refractivity contribution in [3.05, 3.63) is 35.9 Å². The van der Waals surface area contributed by atoms with Crippen molar-refractivity contribution in [2.75, 3.05) is 25.0 Å². The van der Waals surface area contributed by atoms with Gasteiger partial charge in [0.2, 0.25) is 0 Å². The van der Waals surface area contributed by atoms with Crippen molar-refractivity contribution < 1.29 is 0 Å². The number of likely N-dealkylation sites (tertiary alicyclic amines) is 1. The molecule has 1 nitrogen and oxygen atoms in total. The predicted octanol–water partition coefficient (Wildman–Crippen LogP) is 5.14. The van der Waals surface area contributed by atoms with Gasteiger partial charge in [0.05, 0.1) is 0 Å². The molecule has 1 fully saturated rings. The lowest BCUT2D eigenvalue weighted by molar-refractivity contribution is 0.116. The fraction of sp³-hybridized carbons (Fsp3) is 0.684. The molecule has 1 aromatic carbocycles. The van der Waals surface area contributed by atoms with E-state index in [-0.39, 0.29) is 0 Å². The topological polar surface area (TPSA) is 3.24 Å². The lowest BCUT2D eigenvalue weighted by Crippen LogP contribution is -2.42. The zero-order chi connectivity index (χ0) is 15.1. The first kappa shape index (κ1) is 17.0. The Kier molecular flexibility index (Phi) is 6.75. The van der Waals surface area contributed by atoms with E-state index in [0.717, 1.165) is 11.2 Å². The Hall–Kier alpha value is -0.340. The highest BCUT2D eigenvalue weighted by atomic mass is 79.9. The van der Waals surface area contributed by atoms with Gasteiger partial charge in [-0.05, 0) is 62.1 Å². The monoisotopic (exact) mass is 351 g/mol. The van der Waals surface area contributed by atoms with Gasteiger partial charge in [0.15, 0.2) is 0 Å². The molecular weight excluding hydrogens is 322 g/mol. The summed E-state index contributed by atoms with van der Waals surface area (Å²) in [6.45, 7) is 8.52. The van der Waals surface area contributed by atoms with Crippen molar-refractivity contribution in [2.24, 2.45) is 11.3 Å². The summed E-state index contributed by atoms with van der Waals surface area (Å²) in [6, 6.07) is 11.0. The van der Waals surface area contributed by atoms with Crippen molar-refractivity contribution >= 4 is 15.9 Å². The van der Waals surface area contributed by atoms with E-state index in [1.807, 2.05) is 0 Å². The first-order valence-corrected chi connectivity index (χ1v) is 9.65. The summed E-state index contributed by atoms with van der Waals surface area (Å²) in [4.78, 5) is 2.70. The second-order valence-electron chi connectivity index (χ2n) is 6.75. The maximum absolute atomic E-state index is 3.75. The Labute approximate surface area is 139 Å². The van der Waals surface area contributed by atoms with Crippen LogP contribution in [0, 0.1) is 11.3 Å². The zero-order valence-electron chi connectivity index (χ0n) is 13.7. The average Bonchev–Trinajstić information content (AvgIpc) is 2.55. The molecule has 0 saturated carbocycles. The summed E-state index contributed by atoms with van der Waals surface area (Å²) in [5.74, 6) is 0.880. The van der Waals surface area contributed by atoms with Gasteiger partial charge in [-0.15, -0.1) is 0 Å². The van der Waals surface area contributed by atoms with Crippen LogP contribution < -0.4 is 0 Å². The van der Waals surface area contributed by atoms with Crippen molar-refractivity contribution in [1.82, 2.24) is 4.90 Å². The molecule has 2 rings (SSSR count). The lowest BCUT2D eigenvalue weighted by atomic mass is 9.82.